The van der Waals surface area contributed by atoms with Gasteiger partial charge in [0.1, 0.15) is 0 Å². The average molecular weight is 290 g/mol. The summed E-state index contributed by atoms with van der Waals surface area (Å²) < 4.78 is 5.40. The molecule has 0 spiro atoms. The van der Waals surface area contributed by atoms with Crippen molar-refractivity contribution in [3.8, 4) is 0 Å². The number of hydrogen-bond donors (Lipinski definition) is 1. The number of carbonyl (C=O) groups excluding carboxylic acids is 1. The number of nitrogens with zero attached hydrogens (tertiary/aromatic N) is 1. The highest BCUT2D eigenvalue weighted by Crippen LogP contribution is 2.21. The van der Waals surface area contributed by atoms with Crippen LogP contribution in [0.4, 0.5) is 5.69 Å². The number of anilines is 1. The zero-order valence-corrected chi connectivity index (χ0v) is 13.3. The molecule has 0 atom stereocenters. The molecule has 0 saturated carbocycles. The molecule has 1 aromatic carbocycles. The maximum Gasteiger partial charge on any atom is 0.227 e. The van der Waals surface area contributed by atoms with E-state index in [4.69, 9.17) is 4.74 Å². The SMILES string of the molecule is COC(C)(C)CCNCc1ccc(N2CCCC2=O)cc1. The quantitative estimate of drug-likeness (QED) is 0.785. The molecule has 1 saturated heterocycles. The first kappa shape index (κ1) is 16.0. The molecule has 0 radical (unpaired) electrons. The number of nitrogens with one attached hydrogen (secondary N) is 1. The summed E-state index contributed by atoms with van der Waals surface area (Å²) in [5, 5.41) is 3.43. The molecule has 0 aromatic heterocycles. The Morgan fingerprint density at radius 2 is 2.00 bits per heavy atom. The predicted octanol–water partition coefficient (Wildman–Crippen LogP) is 2.72. The fourth-order valence-corrected chi connectivity index (χ4v) is 2.44. The lowest BCUT2D eigenvalue weighted by Crippen LogP contribution is -2.28. The second-order valence-electron chi connectivity index (χ2n) is 6.21. The first-order chi connectivity index (χ1) is 10.0. The minimum Gasteiger partial charge on any atom is -0.379 e. The molecule has 0 aliphatic carbocycles. The fourth-order valence-electron chi connectivity index (χ4n) is 2.44. The van der Waals surface area contributed by atoms with Crippen molar-refractivity contribution in [2.45, 2.75) is 45.3 Å². The zero-order chi connectivity index (χ0) is 15.3. The van der Waals surface area contributed by atoms with Crippen LogP contribution in [-0.2, 0) is 16.1 Å². The molecule has 1 amide bonds. The van der Waals surface area contributed by atoms with Crippen LogP contribution in [0.15, 0.2) is 24.3 Å². The second-order valence-corrected chi connectivity index (χ2v) is 6.21. The van der Waals surface area contributed by atoms with Gasteiger partial charge in [-0.2, -0.15) is 0 Å². The Morgan fingerprint density at radius 3 is 2.57 bits per heavy atom. The van der Waals surface area contributed by atoms with E-state index in [1.54, 1.807) is 7.11 Å². The van der Waals surface area contributed by atoms with Crippen LogP contribution in [0.1, 0.15) is 38.7 Å². The highest BCUT2D eigenvalue weighted by molar-refractivity contribution is 5.95. The van der Waals surface area contributed by atoms with Gasteiger partial charge in [-0.25, -0.2) is 0 Å². The summed E-state index contributed by atoms with van der Waals surface area (Å²) in [7, 11) is 1.75. The van der Waals surface area contributed by atoms with Gasteiger partial charge in [0.25, 0.3) is 0 Å². The van der Waals surface area contributed by atoms with E-state index in [0.29, 0.717) is 6.42 Å². The molecule has 4 heteroatoms. The summed E-state index contributed by atoms with van der Waals surface area (Å²) in [6.07, 6.45) is 2.62. The van der Waals surface area contributed by atoms with Crippen molar-refractivity contribution >= 4 is 11.6 Å². The summed E-state index contributed by atoms with van der Waals surface area (Å²) >= 11 is 0. The Hall–Kier alpha value is -1.39. The summed E-state index contributed by atoms with van der Waals surface area (Å²) in [6.45, 7) is 6.80. The van der Waals surface area contributed by atoms with Crippen molar-refractivity contribution < 1.29 is 9.53 Å². The largest absolute Gasteiger partial charge is 0.379 e. The second kappa shape index (κ2) is 7.05. The molecule has 0 unspecified atom stereocenters. The van der Waals surface area contributed by atoms with Gasteiger partial charge in [-0.05, 0) is 50.9 Å². The molecule has 1 fully saturated rings. The van der Waals surface area contributed by atoms with Crippen LogP contribution in [0.5, 0.6) is 0 Å². The Balaban J connectivity index is 1.79. The number of carbonyl (C=O) groups is 1. The fraction of sp³-hybridized carbons (Fsp3) is 0.588. The summed E-state index contributed by atoms with van der Waals surface area (Å²) in [5.74, 6) is 0.239. The molecular formula is C17H26N2O2. The molecule has 0 bridgehead atoms. The Morgan fingerprint density at radius 1 is 1.29 bits per heavy atom. The molecule has 1 heterocycles. The smallest absolute Gasteiger partial charge is 0.227 e. The molecule has 1 aliphatic heterocycles. The lowest BCUT2D eigenvalue weighted by molar-refractivity contribution is -0.117. The number of benzene rings is 1. The van der Waals surface area contributed by atoms with Crippen LogP contribution in [0.2, 0.25) is 0 Å². The highest BCUT2D eigenvalue weighted by atomic mass is 16.5. The van der Waals surface area contributed by atoms with Crippen molar-refractivity contribution in [2.75, 3.05) is 25.1 Å². The van der Waals surface area contributed by atoms with Crippen molar-refractivity contribution in [2.24, 2.45) is 0 Å². The standard InChI is InChI=1S/C17H26N2O2/c1-17(2,21-3)10-11-18-13-14-6-8-15(9-7-14)19-12-4-5-16(19)20/h6-9,18H,4-5,10-13H2,1-3H3. The molecular weight excluding hydrogens is 264 g/mol. The van der Waals surface area contributed by atoms with Crippen molar-refractivity contribution in [3.05, 3.63) is 29.8 Å². The number of rotatable bonds is 7. The van der Waals surface area contributed by atoms with Gasteiger partial charge in [0.2, 0.25) is 5.91 Å². The van der Waals surface area contributed by atoms with E-state index in [2.05, 4.69) is 31.3 Å². The van der Waals surface area contributed by atoms with Crippen LogP contribution >= 0.6 is 0 Å². The van der Waals surface area contributed by atoms with Crippen LogP contribution in [0.3, 0.4) is 0 Å². The molecule has 21 heavy (non-hydrogen) atoms. The molecule has 116 valence electrons. The molecule has 2 rings (SSSR count). The van der Waals surface area contributed by atoms with Crippen molar-refractivity contribution in [1.82, 2.24) is 5.32 Å². The molecule has 1 aromatic rings. The topological polar surface area (TPSA) is 41.6 Å². The third-order valence-electron chi connectivity index (χ3n) is 4.11. The van der Waals surface area contributed by atoms with Gasteiger partial charge in [-0.15, -0.1) is 0 Å². The van der Waals surface area contributed by atoms with Crippen LogP contribution in [0.25, 0.3) is 0 Å². The van der Waals surface area contributed by atoms with Gasteiger partial charge in [0.15, 0.2) is 0 Å². The predicted molar refractivity (Wildman–Crippen MR) is 85.4 cm³/mol. The van der Waals surface area contributed by atoms with Crippen LogP contribution < -0.4 is 10.2 Å². The number of hydrogen-bond acceptors (Lipinski definition) is 3. The summed E-state index contributed by atoms with van der Waals surface area (Å²) in [6, 6.07) is 8.27. The molecule has 1 aliphatic rings. The Kier molecular flexibility index (Phi) is 5.37. The van der Waals surface area contributed by atoms with Gasteiger partial charge in [-0.1, -0.05) is 12.1 Å². The van der Waals surface area contributed by atoms with Crippen molar-refractivity contribution in [3.63, 3.8) is 0 Å². The average Bonchev–Trinajstić information content (AvgIpc) is 2.90. The van der Waals surface area contributed by atoms with E-state index >= 15 is 0 Å². The van der Waals surface area contributed by atoms with Gasteiger partial charge in [-0.3, -0.25) is 4.79 Å². The maximum absolute atomic E-state index is 11.7. The van der Waals surface area contributed by atoms with E-state index in [1.807, 2.05) is 17.0 Å². The van der Waals surface area contributed by atoms with E-state index in [0.717, 1.165) is 38.2 Å². The van der Waals surface area contributed by atoms with Gasteiger partial charge in [0, 0.05) is 32.3 Å². The van der Waals surface area contributed by atoms with Gasteiger partial charge in [0.05, 0.1) is 5.60 Å². The molecule has 4 nitrogen and oxygen atoms in total. The summed E-state index contributed by atoms with van der Waals surface area (Å²) in [4.78, 5) is 13.6. The lowest BCUT2D eigenvalue weighted by atomic mass is 10.1. The van der Waals surface area contributed by atoms with Gasteiger partial charge >= 0.3 is 0 Å². The summed E-state index contributed by atoms with van der Waals surface area (Å²) in [5.41, 5.74) is 2.18. The van der Waals surface area contributed by atoms with Crippen LogP contribution in [0, 0.1) is 0 Å². The number of methoxy groups -OCH3 is 1. The van der Waals surface area contributed by atoms with E-state index in [9.17, 15) is 4.79 Å². The minimum atomic E-state index is -0.0764. The molecule has 1 N–H and O–H groups in total. The van der Waals surface area contributed by atoms with Crippen molar-refractivity contribution in [1.29, 1.82) is 0 Å². The first-order valence-corrected chi connectivity index (χ1v) is 7.67. The lowest BCUT2D eigenvalue weighted by Gasteiger charge is -2.22. The minimum absolute atomic E-state index is 0.0764. The van der Waals surface area contributed by atoms with E-state index in [-0.39, 0.29) is 11.5 Å². The zero-order valence-electron chi connectivity index (χ0n) is 13.3. The van der Waals surface area contributed by atoms with Gasteiger partial charge < -0.3 is 15.0 Å². The normalized spacial score (nSPS) is 15.8. The first-order valence-electron chi connectivity index (χ1n) is 7.67. The number of amides is 1. The maximum atomic E-state index is 11.7. The highest BCUT2D eigenvalue weighted by Gasteiger charge is 2.21. The number of ether oxygens (including phenoxy) is 1. The monoisotopic (exact) mass is 290 g/mol. The van der Waals surface area contributed by atoms with Crippen LogP contribution in [-0.4, -0.2) is 31.7 Å². The third kappa shape index (κ3) is 4.55. The van der Waals surface area contributed by atoms with E-state index in [1.165, 1.54) is 5.56 Å². The van der Waals surface area contributed by atoms with E-state index < -0.39 is 0 Å². The Bertz CT molecular complexity index is 468. The Labute approximate surface area is 127 Å². The third-order valence-corrected chi connectivity index (χ3v) is 4.11.